The number of hydrogen-bond acceptors (Lipinski definition) is 2. The molecular weight excluding hydrogens is 692 g/mol. The molecule has 0 saturated carbocycles. The maximum Gasteiger partial charge on any atom is 0.195 e. The lowest BCUT2D eigenvalue weighted by Crippen LogP contribution is -2.03. The number of halogens is 1. The van der Waals surface area contributed by atoms with Gasteiger partial charge >= 0.3 is 0 Å². The number of carbonyl (C=O) groups is 2. The van der Waals surface area contributed by atoms with Crippen molar-refractivity contribution in [3.8, 4) is 0 Å². The molecule has 0 amide bonds. The van der Waals surface area contributed by atoms with E-state index in [9.17, 15) is 14.0 Å². The zero-order valence-corrected chi connectivity index (χ0v) is 32.9. The first kappa shape index (κ1) is 38.5. The largest absolute Gasteiger partial charge is 0.347 e. The second kappa shape index (κ2) is 17.8. The molecule has 8 rings (SSSR count). The van der Waals surface area contributed by atoms with Crippen LogP contribution in [-0.4, -0.2) is 27.4 Å². The minimum atomic E-state index is -0.267. The molecule has 284 valence electrons. The fraction of sp³-hybridized carbons (Fsp3) is 0.255. The topological polar surface area (TPSA) is 44.0 Å². The highest BCUT2D eigenvalue weighted by Gasteiger charge is 2.20. The standard InChI is InChI=1S/C26H27NO.C25H24FNO/c1-3-5-10-17-27-18-24(22-13-8-9-14-25(22)27)26(28)23-16-15-19(4-2)20-11-6-7-12-21(20)23;1-18-13-14-22(20-10-4-3-9-19(18)20)25(28)23-17-27(16-8-2-7-15-26)24-12-6-5-11-21(23)24/h6-9,11-16,18H,3-5,10,17H2,1-2H3;3-6,9-14,17H,2,7-8,15-16H2,1H3. The van der Waals surface area contributed by atoms with Crippen LogP contribution < -0.4 is 0 Å². The molecule has 5 heteroatoms. The van der Waals surface area contributed by atoms with Gasteiger partial charge in [0.15, 0.2) is 11.6 Å². The molecule has 2 heterocycles. The first-order chi connectivity index (χ1) is 27.4. The van der Waals surface area contributed by atoms with Crippen molar-refractivity contribution in [2.24, 2.45) is 0 Å². The lowest BCUT2D eigenvalue weighted by molar-refractivity contribution is 0.103. The Balaban J connectivity index is 0.000000172. The molecule has 0 bridgehead atoms. The van der Waals surface area contributed by atoms with E-state index in [-0.39, 0.29) is 18.2 Å². The average Bonchev–Trinajstić information content (AvgIpc) is 3.81. The van der Waals surface area contributed by atoms with Gasteiger partial charge in [0.1, 0.15) is 0 Å². The summed E-state index contributed by atoms with van der Waals surface area (Å²) >= 11 is 0. The van der Waals surface area contributed by atoms with Crippen LogP contribution in [-0.2, 0) is 19.5 Å². The molecule has 0 unspecified atom stereocenters. The van der Waals surface area contributed by atoms with Crippen molar-refractivity contribution in [2.45, 2.75) is 78.8 Å². The summed E-state index contributed by atoms with van der Waals surface area (Å²) in [6, 6.07) is 40.7. The number of fused-ring (bicyclic) bond motifs is 4. The number of para-hydroxylation sites is 2. The van der Waals surface area contributed by atoms with E-state index in [0.29, 0.717) is 6.42 Å². The third-order valence-corrected chi connectivity index (χ3v) is 11.1. The summed E-state index contributed by atoms with van der Waals surface area (Å²) in [6.07, 6.45) is 10.9. The Kier molecular flexibility index (Phi) is 12.2. The molecule has 0 spiro atoms. The summed E-state index contributed by atoms with van der Waals surface area (Å²) in [6.45, 7) is 7.93. The van der Waals surface area contributed by atoms with Crippen LogP contribution >= 0.6 is 0 Å². The van der Waals surface area contributed by atoms with Gasteiger partial charge in [0.25, 0.3) is 0 Å². The van der Waals surface area contributed by atoms with Crippen molar-refractivity contribution < 1.29 is 14.0 Å². The Bertz CT molecular complexity index is 2650. The van der Waals surface area contributed by atoms with Crippen molar-refractivity contribution in [1.82, 2.24) is 9.13 Å². The van der Waals surface area contributed by atoms with Crippen LogP contribution in [0, 0.1) is 6.92 Å². The number of nitrogens with zero attached hydrogens (tertiary/aromatic N) is 2. The fourth-order valence-corrected chi connectivity index (χ4v) is 8.12. The Morgan fingerprint density at radius 2 is 0.946 bits per heavy atom. The van der Waals surface area contributed by atoms with Gasteiger partial charge in [-0.05, 0) is 83.8 Å². The first-order valence-electron chi connectivity index (χ1n) is 20.2. The van der Waals surface area contributed by atoms with E-state index >= 15 is 0 Å². The van der Waals surface area contributed by atoms with Gasteiger partial charge in [-0.3, -0.25) is 14.0 Å². The molecule has 56 heavy (non-hydrogen) atoms. The summed E-state index contributed by atoms with van der Waals surface area (Å²) in [4.78, 5) is 27.1. The number of unbranched alkanes of at least 4 members (excludes halogenated alkanes) is 4. The van der Waals surface area contributed by atoms with Gasteiger partial charge in [-0.25, -0.2) is 0 Å². The molecule has 0 fully saturated rings. The lowest BCUT2D eigenvalue weighted by Gasteiger charge is -2.09. The maximum atomic E-state index is 13.6. The van der Waals surface area contributed by atoms with Crippen molar-refractivity contribution >= 4 is 54.9 Å². The fourth-order valence-electron chi connectivity index (χ4n) is 8.12. The molecule has 0 N–H and O–H groups in total. The number of hydrogen-bond donors (Lipinski definition) is 0. The summed E-state index contributed by atoms with van der Waals surface area (Å²) < 4.78 is 16.8. The van der Waals surface area contributed by atoms with E-state index in [0.717, 1.165) is 99.0 Å². The Labute approximate surface area is 329 Å². The van der Waals surface area contributed by atoms with Gasteiger partial charge in [-0.15, -0.1) is 0 Å². The van der Waals surface area contributed by atoms with Crippen LogP contribution in [0.5, 0.6) is 0 Å². The number of benzene rings is 6. The molecule has 0 aliphatic carbocycles. The van der Waals surface area contributed by atoms with Crippen LogP contribution in [0.1, 0.15) is 95.3 Å². The number of carbonyl (C=O) groups excluding carboxylic acids is 2. The smallest absolute Gasteiger partial charge is 0.195 e. The van der Waals surface area contributed by atoms with Crippen LogP contribution in [0.25, 0.3) is 43.4 Å². The van der Waals surface area contributed by atoms with Gasteiger partial charge in [-0.1, -0.05) is 136 Å². The third kappa shape index (κ3) is 7.81. The summed E-state index contributed by atoms with van der Waals surface area (Å²) in [5.74, 6) is 0.166. The molecular formula is C51H51FN2O2. The molecule has 4 nitrogen and oxygen atoms in total. The zero-order chi connectivity index (χ0) is 39.0. The van der Waals surface area contributed by atoms with E-state index in [1.807, 2.05) is 72.9 Å². The molecule has 8 aromatic rings. The van der Waals surface area contributed by atoms with Crippen LogP contribution in [0.4, 0.5) is 4.39 Å². The average molecular weight is 743 g/mol. The van der Waals surface area contributed by atoms with Crippen LogP contribution in [0.15, 0.2) is 134 Å². The number of ketones is 2. The van der Waals surface area contributed by atoms with Gasteiger partial charge in [0, 0.05) is 69.5 Å². The van der Waals surface area contributed by atoms with Crippen LogP contribution in [0.3, 0.4) is 0 Å². The van der Waals surface area contributed by atoms with Crippen molar-refractivity contribution in [2.75, 3.05) is 6.67 Å². The SMILES string of the molecule is CCCCCn1cc(C(=O)c2ccc(CC)c3ccccc23)c2ccccc21.Cc1ccc(C(=O)c2cn(CCCCCF)c3ccccc23)c2ccccc12. The highest BCUT2D eigenvalue weighted by Crippen LogP contribution is 2.31. The number of aryl methyl sites for hydroxylation is 4. The highest BCUT2D eigenvalue weighted by molar-refractivity contribution is 6.22. The molecule has 0 saturated heterocycles. The second-order valence-electron chi connectivity index (χ2n) is 14.8. The van der Waals surface area contributed by atoms with E-state index < -0.39 is 0 Å². The minimum absolute atomic E-state index is 0.0508. The van der Waals surface area contributed by atoms with Crippen LogP contribution in [0.2, 0.25) is 0 Å². The quantitative estimate of drug-likeness (QED) is 0.0822. The Morgan fingerprint density at radius 1 is 0.482 bits per heavy atom. The summed E-state index contributed by atoms with van der Waals surface area (Å²) in [5.41, 5.74) is 7.73. The minimum Gasteiger partial charge on any atom is -0.347 e. The Hall–Kier alpha value is -5.81. The molecule has 6 aromatic carbocycles. The number of alkyl halides is 1. The molecule has 0 atom stereocenters. The van der Waals surface area contributed by atoms with Gasteiger partial charge in [-0.2, -0.15) is 0 Å². The van der Waals surface area contributed by atoms with E-state index in [2.05, 4.69) is 90.7 Å². The molecule has 0 aliphatic heterocycles. The predicted octanol–water partition coefficient (Wildman–Crippen LogP) is 13.3. The highest BCUT2D eigenvalue weighted by atomic mass is 19.1. The normalized spacial score (nSPS) is 11.4. The maximum absolute atomic E-state index is 13.6. The van der Waals surface area contributed by atoms with Gasteiger partial charge in [0.2, 0.25) is 0 Å². The van der Waals surface area contributed by atoms with Crippen molar-refractivity contribution in [1.29, 1.82) is 0 Å². The first-order valence-corrected chi connectivity index (χ1v) is 20.2. The number of rotatable bonds is 14. The summed E-state index contributed by atoms with van der Waals surface area (Å²) in [5, 5.41) is 6.36. The van der Waals surface area contributed by atoms with E-state index in [1.54, 1.807) is 0 Å². The predicted molar refractivity (Wildman–Crippen MR) is 232 cm³/mol. The second-order valence-corrected chi connectivity index (χ2v) is 14.8. The van der Waals surface area contributed by atoms with Crippen molar-refractivity contribution in [3.63, 3.8) is 0 Å². The Morgan fingerprint density at radius 3 is 1.48 bits per heavy atom. The number of aromatic nitrogens is 2. The van der Waals surface area contributed by atoms with Gasteiger partial charge in [0.05, 0.1) is 6.67 Å². The van der Waals surface area contributed by atoms with Crippen molar-refractivity contribution in [3.05, 3.63) is 167 Å². The van der Waals surface area contributed by atoms with E-state index in [4.69, 9.17) is 0 Å². The summed E-state index contributed by atoms with van der Waals surface area (Å²) in [7, 11) is 0. The molecule has 2 aromatic heterocycles. The van der Waals surface area contributed by atoms with E-state index in [1.165, 1.54) is 29.4 Å². The lowest BCUT2D eigenvalue weighted by atomic mass is 9.93. The third-order valence-electron chi connectivity index (χ3n) is 11.1. The van der Waals surface area contributed by atoms with Gasteiger partial charge < -0.3 is 9.13 Å². The molecule has 0 radical (unpaired) electrons. The zero-order valence-electron chi connectivity index (χ0n) is 32.9. The monoisotopic (exact) mass is 742 g/mol. The molecule has 0 aliphatic rings.